The van der Waals surface area contributed by atoms with Crippen LogP contribution in [0.2, 0.25) is 0 Å². The lowest BCUT2D eigenvalue weighted by molar-refractivity contribution is 0.235. The van der Waals surface area contributed by atoms with Gasteiger partial charge in [0.05, 0.1) is 0 Å². The molecule has 17 heavy (non-hydrogen) atoms. The molecule has 0 aliphatic heterocycles. The van der Waals surface area contributed by atoms with Gasteiger partial charge in [0.2, 0.25) is 0 Å². The molecule has 2 aliphatic carbocycles. The van der Waals surface area contributed by atoms with Gasteiger partial charge in [-0.25, -0.2) is 0 Å². The van der Waals surface area contributed by atoms with E-state index in [4.69, 9.17) is 0 Å². The molecule has 0 amide bonds. The van der Waals surface area contributed by atoms with Crippen LogP contribution in [-0.2, 0) is 0 Å². The maximum absolute atomic E-state index is 3.80. The quantitative estimate of drug-likeness (QED) is 0.733. The van der Waals surface area contributed by atoms with E-state index < -0.39 is 0 Å². The second-order valence-electron chi connectivity index (χ2n) is 6.09. The Kier molecular flexibility index (Phi) is 5.30. The van der Waals surface area contributed by atoms with Crippen LogP contribution in [0.1, 0.15) is 58.8 Å². The van der Waals surface area contributed by atoms with Gasteiger partial charge < -0.3 is 5.32 Å². The van der Waals surface area contributed by atoms with Gasteiger partial charge in [0.15, 0.2) is 0 Å². The van der Waals surface area contributed by atoms with Crippen molar-refractivity contribution in [2.75, 3.05) is 19.6 Å². The van der Waals surface area contributed by atoms with Gasteiger partial charge in [0.1, 0.15) is 0 Å². The molecule has 2 saturated carbocycles. The van der Waals surface area contributed by atoms with E-state index in [2.05, 4.69) is 24.1 Å². The molecule has 100 valence electrons. The standard InChI is InChI=1S/C15H30N2/c1-3-11-17(14-8-9-14)12-10-16-15-7-5-4-6-13(15)2/h13-16H,3-12H2,1-2H3. The Morgan fingerprint density at radius 3 is 2.47 bits per heavy atom. The summed E-state index contributed by atoms with van der Waals surface area (Å²) in [5, 5.41) is 3.80. The molecular weight excluding hydrogens is 208 g/mol. The van der Waals surface area contributed by atoms with Crippen LogP contribution in [0.15, 0.2) is 0 Å². The van der Waals surface area contributed by atoms with Gasteiger partial charge in [-0.2, -0.15) is 0 Å². The zero-order valence-corrected chi connectivity index (χ0v) is 11.8. The van der Waals surface area contributed by atoms with Crippen molar-refractivity contribution in [3.05, 3.63) is 0 Å². The lowest BCUT2D eigenvalue weighted by atomic mass is 9.86. The summed E-state index contributed by atoms with van der Waals surface area (Å²) in [7, 11) is 0. The van der Waals surface area contributed by atoms with E-state index in [9.17, 15) is 0 Å². The minimum absolute atomic E-state index is 0.798. The van der Waals surface area contributed by atoms with Gasteiger partial charge >= 0.3 is 0 Å². The fraction of sp³-hybridized carbons (Fsp3) is 1.00. The Balaban J connectivity index is 1.63. The third-order valence-electron chi connectivity index (χ3n) is 4.49. The minimum atomic E-state index is 0.798. The zero-order valence-electron chi connectivity index (χ0n) is 11.8. The Hall–Kier alpha value is -0.0800. The van der Waals surface area contributed by atoms with Gasteiger partial charge in [0.25, 0.3) is 0 Å². The van der Waals surface area contributed by atoms with E-state index in [1.807, 2.05) is 0 Å². The molecule has 2 nitrogen and oxygen atoms in total. The van der Waals surface area contributed by atoms with Crippen LogP contribution in [0.3, 0.4) is 0 Å². The number of nitrogens with zero attached hydrogens (tertiary/aromatic N) is 1. The topological polar surface area (TPSA) is 15.3 Å². The zero-order chi connectivity index (χ0) is 12.1. The molecule has 2 atom stereocenters. The molecule has 1 N–H and O–H groups in total. The van der Waals surface area contributed by atoms with Crippen molar-refractivity contribution in [1.29, 1.82) is 0 Å². The molecule has 0 spiro atoms. The number of hydrogen-bond donors (Lipinski definition) is 1. The average molecular weight is 238 g/mol. The Bertz CT molecular complexity index is 209. The first-order valence-corrected chi connectivity index (χ1v) is 7.78. The van der Waals surface area contributed by atoms with E-state index in [1.165, 1.54) is 64.6 Å². The molecule has 2 rings (SSSR count). The summed E-state index contributed by atoms with van der Waals surface area (Å²) in [6.07, 6.45) is 9.90. The molecule has 0 saturated heterocycles. The summed E-state index contributed by atoms with van der Waals surface area (Å²) < 4.78 is 0. The molecule has 0 radical (unpaired) electrons. The van der Waals surface area contributed by atoms with Crippen LogP contribution in [0.5, 0.6) is 0 Å². The van der Waals surface area contributed by atoms with E-state index in [-0.39, 0.29) is 0 Å². The summed E-state index contributed by atoms with van der Waals surface area (Å²) in [6.45, 7) is 8.48. The molecular formula is C15H30N2. The van der Waals surface area contributed by atoms with Gasteiger partial charge in [-0.15, -0.1) is 0 Å². The maximum atomic E-state index is 3.80. The first-order valence-electron chi connectivity index (χ1n) is 7.78. The fourth-order valence-electron chi connectivity index (χ4n) is 3.22. The van der Waals surface area contributed by atoms with Gasteiger partial charge in [-0.1, -0.05) is 26.7 Å². The second-order valence-corrected chi connectivity index (χ2v) is 6.09. The lowest BCUT2D eigenvalue weighted by Crippen LogP contribution is -2.42. The first-order chi connectivity index (χ1) is 8.31. The molecule has 0 aromatic rings. The van der Waals surface area contributed by atoms with E-state index in [1.54, 1.807) is 0 Å². The van der Waals surface area contributed by atoms with E-state index in [0.29, 0.717) is 0 Å². The molecule has 2 aliphatic rings. The SMILES string of the molecule is CCCN(CCNC1CCCCC1C)C1CC1. The lowest BCUT2D eigenvalue weighted by Gasteiger charge is -2.31. The molecule has 2 unspecified atom stereocenters. The van der Waals surface area contributed by atoms with Crippen LogP contribution >= 0.6 is 0 Å². The van der Waals surface area contributed by atoms with Crippen molar-refractivity contribution in [2.24, 2.45) is 5.92 Å². The van der Waals surface area contributed by atoms with Crippen LogP contribution in [0, 0.1) is 5.92 Å². The summed E-state index contributed by atoms with van der Waals surface area (Å²) in [6, 6.07) is 1.73. The van der Waals surface area contributed by atoms with Gasteiger partial charge in [0, 0.05) is 25.2 Å². The minimum Gasteiger partial charge on any atom is -0.312 e. The van der Waals surface area contributed by atoms with E-state index >= 15 is 0 Å². The van der Waals surface area contributed by atoms with Crippen molar-refractivity contribution in [2.45, 2.75) is 70.9 Å². The normalized spacial score (nSPS) is 29.8. The van der Waals surface area contributed by atoms with Crippen molar-refractivity contribution >= 4 is 0 Å². The number of hydrogen-bond acceptors (Lipinski definition) is 2. The third-order valence-corrected chi connectivity index (χ3v) is 4.49. The van der Waals surface area contributed by atoms with E-state index in [0.717, 1.165) is 18.0 Å². The molecule has 2 heteroatoms. The molecule has 0 aromatic carbocycles. The van der Waals surface area contributed by atoms with Gasteiger partial charge in [-0.3, -0.25) is 4.90 Å². The van der Waals surface area contributed by atoms with Crippen LogP contribution < -0.4 is 5.32 Å². The predicted molar refractivity (Wildman–Crippen MR) is 74.3 cm³/mol. The maximum Gasteiger partial charge on any atom is 0.0110 e. The largest absolute Gasteiger partial charge is 0.312 e. The Labute approximate surface area is 107 Å². The predicted octanol–water partition coefficient (Wildman–Crippen LogP) is 3.03. The first kappa shape index (κ1) is 13.4. The van der Waals surface area contributed by atoms with Crippen molar-refractivity contribution < 1.29 is 0 Å². The summed E-state index contributed by atoms with van der Waals surface area (Å²) in [5.74, 6) is 0.893. The highest BCUT2D eigenvalue weighted by molar-refractivity contribution is 4.85. The van der Waals surface area contributed by atoms with Crippen LogP contribution in [0.4, 0.5) is 0 Å². The van der Waals surface area contributed by atoms with Crippen LogP contribution in [-0.4, -0.2) is 36.6 Å². The third kappa shape index (κ3) is 4.26. The van der Waals surface area contributed by atoms with Crippen molar-refractivity contribution in [3.8, 4) is 0 Å². The number of rotatable bonds is 7. The highest BCUT2D eigenvalue weighted by Crippen LogP contribution is 2.27. The second kappa shape index (κ2) is 6.75. The molecule has 0 bridgehead atoms. The monoisotopic (exact) mass is 238 g/mol. The Morgan fingerprint density at radius 2 is 1.82 bits per heavy atom. The van der Waals surface area contributed by atoms with Crippen LogP contribution in [0.25, 0.3) is 0 Å². The van der Waals surface area contributed by atoms with Crippen molar-refractivity contribution in [1.82, 2.24) is 10.2 Å². The number of nitrogens with one attached hydrogen (secondary N) is 1. The highest BCUT2D eigenvalue weighted by Gasteiger charge is 2.28. The van der Waals surface area contributed by atoms with Gasteiger partial charge in [-0.05, 0) is 44.6 Å². The fourth-order valence-corrected chi connectivity index (χ4v) is 3.22. The Morgan fingerprint density at radius 1 is 1.06 bits per heavy atom. The molecule has 0 heterocycles. The summed E-state index contributed by atoms with van der Waals surface area (Å²) in [4.78, 5) is 2.69. The summed E-state index contributed by atoms with van der Waals surface area (Å²) >= 11 is 0. The summed E-state index contributed by atoms with van der Waals surface area (Å²) in [5.41, 5.74) is 0. The average Bonchev–Trinajstić information content (AvgIpc) is 3.14. The highest BCUT2D eigenvalue weighted by atomic mass is 15.2. The molecule has 2 fully saturated rings. The smallest absolute Gasteiger partial charge is 0.0110 e. The van der Waals surface area contributed by atoms with Crippen molar-refractivity contribution in [3.63, 3.8) is 0 Å². The molecule has 0 aromatic heterocycles.